The molecule has 0 unspecified atom stereocenters. The Morgan fingerprint density at radius 3 is 2.57 bits per heavy atom. The second-order valence-electron chi connectivity index (χ2n) is 5.34. The monoisotopic (exact) mass is 405 g/mol. The van der Waals surface area contributed by atoms with Gasteiger partial charge in [-0.25, -0.2) is 9.59 Å². The Balaban J connectivity index is 1.85. The van der Waals surface area contributed by atoms with E-state index >= 15 is 0 Å². The van der Waals surface area contributed by atoms with Crippen LogP contribution in [0.2, 0.25) is 0 Å². The minimum absolute atomic E-state index is 0.0855. The molecular formula is C18H19N3O6S. The number of hydrogen-bond donors (Lipinski definition) is 3. The number of ether oxygens (including phenoxy) is 1. The predicted octanol–water partition coefficient (Wildman–Crippen LogP) is 1.30. The summed E-state index contributed by atoms with van der Waals surface area (Å²) in [6.45, 7) is -0.328. The Morgan fingerprint density at radius 1 is 1.07 bits per heavy atom. The summed E-state index contributed by atoms with van der Waals surface area (Å²) in [5.41, 5.74) is 0.221. The molecule has 2 rings (SSSR count). The van der Waals surface area contributed by atoms with Gasteiger partial charge in [-0.15, -0.1) is 11.8 Å². The van der Waals surface area contributed by atoms with Crippen molar-refractivity contribution in [2.75, 3.05) is 19.4 Å². The quantitative estimate of drug-likeness (QED) is 0.446. The number of esters is 1. The van der Waals surface area contributed by atoms with Crippen molar-refractivity contribution >= 4 is 35.6 Å². The lowest BCUT2D eigenvalue weighted by Crippen LogP contribution is -2.39. The SMILES string of the molecule is CNC(=O)NC(=O)COC(=O)c1ccccc1SCC(=O)NCc1ccco1. The number of urea groups is 1. The normalized spacial score (nSPS) is 10.0. The summed E-state index contributed by atoms with van der Waals surface area (Å²) in [5.74, 6) is -0.990. The molecular weight excluding hydrogens is 386 g/mol. The molecule has 1 heterocycles. The Bertz CT molecular complexity index is 838. The van der Waals surface area contributed by atoms with Crippen LogP contribution in [0.1, 0.15) is 16.1 Å². The fraction of sp³-hybridized carbons (Fsp3) is 0.222. The highest BCUT2D eigenvalue weighted by atomic mass is 32.2. The van der Waals surface area contributed by atoms with Crippen LogP contribution in [-0.4, -0.2) is 43.2 Å². The molecule has 0 spiro atoms. The van der Waals surface area contributed by atoms with E-state index in [-0.39, 0.29) is 23.8 Å². The van der Waals surface area contributed by atoms with Crippen LogP contribution in [0.4, 0.5) is 4.79 Å². The summed E-state index contributed by atoms with van der Waals surface area (Å²) in [4.78, 5) is 47.3. The molecule has 0 saturated heterocycles. The third kappa shape index (κ3) is 6.80. The van der Waals surface area contributed by atoms with E-state index in [2.05, 4.69) is 10.6 Å². The number of nitrogens with one attached hydrogen (secondary N) is 3. The first-order valence-electron chi connectivity index (χ1n) is 8.19. The van der Waals surface area contributed by atoms with E-state index in [1.54, 1.807) is 30.3 Å². The number of hydrogen-bond acceptors (Lipinski definition) is 7. The Labute approximate surface area is 165 Å². The third-order valence-corrected chi connectivity index (χ3v) is 4.39. The zero-order valence-electron chi connectivity index (χ0n) is 15.0. The summed E-state index contributed by atoms with van der Waals surface area (Å²) in [6, 6.07) is 9.35. The van der Waals surface area contributed by atoms with Crippen molar-refractivity contribution in [3.63, 3.8) is 0 Å². The van der Waals surface area contributed by atoms with E-state index in [9.17, 15) is 19.2 Å². The van der Waals surface area contributed by atoms with E-state index in [1.807, 2.05) is 5.32 Å². The molecule has 2 aromatic rings. The van der Waals surface area contributed by atoms with Crippen molar-refractivity contribution in [2.24, 2.45) is 0 Å². The number of thioether (sulfide) groups is 1. The number of carbonyl (C=O) groups is 4. The zero-order valence-corrected chi connectivity index (χ0v) is 15.8. The van der Waals surface area contributed by atoms with Crippen LogP contribution in [0.15, 0.2) is 52.0 Å². The molecule has 0 aliphatic rings. The third-order valence-electron chi connectivity index (χ3n) is 3.32. The maximum absolute atomic E-state index is 12.2. The van der Waals surface area contributed by atoms with Crippen molar-refractivity contribution in [3.05, 3.63) is 54.0 Å². The molecule has 4 amide bonds. The van der Waals surface area contributed by atoms with Gasteiger partial charge in [-0.1, -0.05) is 12.1 Å². The van der Waals surface area contributed by atoms with Gasteiger partial charge in [-0.3, -0.25) is 14.9 Å². The van der Waals surface area contributed by atoms with E-state index in [4.69, 9.17) is 9.15 Å². The second kappa shape index (κ2) is 10.8. The maximum Gasteiger partial charge on any atom is 0.339 e. The molecule has 0 saturated carbocycles. The van der Waals surface area contributed by atoms with Gasteiger partial charge < -0.3 is 19.8 Å². The largest absolute Gasteiger partial charge is 0.467 e. The van der Waals surface area contributed by atoms with E-state index in [0.29, 0.717) is 10.7 Å². The molecule has 0 aliphatic heterocycles. The first-order valence-corrected chi connectivity index (χ1v) is 9.17. The van der Waals surface area contributed by atoms with Crippen LogP contribution in [0.25, 0.3) is 0 Å². The molecule has 0 fully saturated rings. The molecule has 10 heteroatoms. The second-order valence-corrected chi connectivity index (χ2v) is 6.36. The number of amides is 4. The van der Waals surface area contributed by atoms with Crippen LogP contribution >= 0.6 is 11.8 Å². The van der Waals surface area contributed by atoms with Gasteiger partial charge in [-0.2, -0.15) is 0 Å². The van der Waals surface area contributed by atoms with Crippen LogP contribution in [0.5, 0.6) is 0 Å². The fourth-order valence-electron chi connectivity index (χ4n) is 1.99. The van der Waals surface area contributed by atoms with Gasteiger partial charge in [0.15, 0.2) is 6.61 Å². The maximum atomic E-state index is 12.2. The molecule has 0 bridgehead atoms. The number of rotatable bonds is 8. The van der Waals surface area contributed by atoms with Gasteiger partial charge in [0.05, 0.1) is 24.1 Å². The molecule has 0 atom stereocenters. The standard InChI is InChI=1S/C18H19N3O6S/c1-19-18(25)21-15(22)10-27-17(24)13-6-2-3-7-14(13)28-11-16(23)20-9-12-5-4-8-26-12/h2-8H,9-11H2,1H3,(H,20,23)(H2,19,21,22,25). The highest BCUT2D eigenvalue weighted by Gasteiger charge is 2.16. The Morgan fingerprint density at radius 2 is 1.86 bits per heavy atom. The van der Waals surface area contributed by atoms with Crippen molar-refractivity contribution in [2.45, 2.75) is 11.4 Å². The Hall–Kier alpha value is -3.27. The molecule has 1 aromatic heterocycles. The molecule has 1 aromatic carbocycles. The minimum atomic E-state index is -0.755. The number of furan rings is 1. The molecule has 3 N–H and O–H groups in total. The summed E-state index contributed by atoms with van der Waals surface area (Å²) in [5, 5.41) is 6.90. The van der Waals surface area contributed by atoms with Crippen molar-refractivity contribution in [1.82, 2.24) is 16.0 Å². The summed E-state index contributed by atoms with van der Waals surface area (Å²) in [7, 11) is 1.35. The summed E-state index contributed by atoms with van der Waals surface area (Å²) < 4.78 is 10.1. The molecule has 9 nitrogen and oxygen atoms in total. The first-order chi connectivity index (χ1) is 13.5. The lowest BCUT2D eigenvalue weighted by molar-refractivity contribution is -0.123. The van der Waals surface area contributed by atoms with Gasteiger partial charge in [0.25, 0.3) is 5.91 Å². The van der Waals surface area contributed by atoms with Gasteiger partial charge in [0, 0.05) is 11.9 Å². The van der Waals surface area contributed by atoms with Crippen molar-refractivity contribution < 1.29 is 28.3 Å². The van der Waals surface area contributed by atoms with Crippen LogP contribution in [0.3, 0.4) is 0 Å². The number of benzene rings is 1. The highest BCUT2D eigenvalue weighted by molar-refractivity contribution is 8.00. The first kappa shape index (κ1) is 21.0. The summed E-state index contributed by atoms with van der Waals surface area (Å²) in [6.07, 6.45) is 1.52. The highest BCUT2D eigenvalue weighted by Crippen LogP contribution is 2.23. The van der Waals surface area contributed by atoms with Gasteiger partial charge >= 0.3 is 12.0 Å². The number of carbonyl (C=O) groups excluding carboxylic acids is 4. The van der Waals surface area contributed by atoms with E-state index in [0.717, 1.165) is 11.8 Å². The number of imide groups is 1. The fourth-order valence-corrected chi connectivity index (χ4v) is 2.86. The van der Waals surface area contributed by atoms with Crippen molar-refractivity contribution in [1.29, 1.82) is 0 Å². The molecule has 28 heavy (non-hydrogen) atoms. The average Bonchev–Trinajstić information content (AvgIpc) is 3.22. The lowest BCUT2D eigenvalue weighted by atomic mass is 10.2. The predicted molar refractivity (Wildman–Crippen MR) is 101 cm³/mol. The van der Waals surface area contributed by atoms with Crippen LogP contribution in [0, 0.1) is 0 Å². The summed E-state index contributed by atoms with van der Waals surface area (Å²) >= 11 is 1.16. The molecule has 148 valence electrons. The average molecular weight is 405 g/mol. The van der Waals surface area contributed by atoms with Gasteiger partial charge in [0.2, 0.25) is 5.91 Å². The van der Waals surface area contributed by atoms with Crippen molar-refractivity contribution in [3.8, 4) is 0 Å². The van der Waals surface area contributed by atoms with E-state index in [1.165, 1.54) is 19.4 Å². The van der Waals surface area contributed by atoms with Crippen LogP contribution < -0.4 is 16.0 Å². The molecule has 0 aliphatic carbocycles. The minimum Gasteiger partial charge on any atom is -0.467 e. The Kier molecular flexibility index (Phi) is 8.10. The van der Waals surface area contributed by atoms with E-state index < -0.39 is 24.5 Å². The van der Waals surface area contributed by atoms with Gasteiger partial charge in [-0.05, 0) is 24.3 Å². The lowest BCUT2D eigenvalue weighted by Gasteiger charge is -2.09. The van der Waals surface area contributed by atoms with Gasteiger partial charge in [0.1, 0.15) is 5.76 Å². The molecule has 0 radical (unpaired) electrons. The topological polar surface area (TPSA) is 127 Å². The van der Waals surface area contributed by atoms with Crippen LogP contribution in [-0.2, 0) is 20.9 Å². The smallest absolute Gasteiger partial charge is 0.339 e. The zero-order chi connectivity index (χ0) is 20.4.